The van der Waals surface area contributed by atoms with Gasteiger partial charge in [0.05, 0.1) is 0 Å². The summed E-state index contributed by atoms with van der Waals surface area (Å²) in [7, 11) is 0. The van der Waals surface area contributed by atoms with Crippen LogP contribution in [0.1, 0.15) is 45.4 Å². The molecule has 0 saturated heterocycles. The van der Waals surface area contributed by atoms with Crippen molar-refractivity contribution in [2.45, 2.75) is 51.0 Å². The van der Waals surface area contributed by atoms with E-state index in [1.807, 2.05) is 0 Å². The van der Waals surface area contributed by atoms with Crippen molar-refractivity contribution < 1.29 is 9.53 Å². The summed E-state index contributed by atoms with van der Waals surface area (Å²) in [4.78, 5) is 11.0. The lowest BCUT2D eigenvalue weighted by molar-refractivity contribution is -0.164. The van der Waals surface area contributed by atoms with Gasteiger partial charge in [0.25, 0.3) is 0 Å². The Morgan fingerprint density at radius 3 is 2.69 bits per heavy atom. The molecule has 0 radical (unpaired) electrons. The maximum Gasteiger partial charge on any atom is 0.330 e. The van der Waals surface area contributed by atoms with Gasteiger partial charge in [0.2, 0.25) is 0 Å². The molecule has 13 heavy (non-hydrogen) atoms. The lowest BCUT2D eigenvalue weighted by Crippen LogP contribution is -2.41. The highest BCUT2D eigenvalue weighted by atomic mass is 16.6. The summed E-state index contributed by atoms with van der Waals surface area (Å²) in [5, 5.41) is 0. The highest BCUT2D eigenvalue weighted by Crippen LogP contribution is 2.39. The molecule has 1 rings (SSSR count). The molecule has 1 aliphatic rings. The zero-order chi connectivity index (χ0) is 9.73. The van der Waals surface area contributed by atoms with E-state index in [0.29, 0.717) is 0 Å². The van der Waals surface area contributed by atoms with Crippen LogP contribution >= 0.6 is 0 Å². The highest BCUT2D eigenvalue weighted by molar-refractivity contribution is 5.81. The van der Waals surface area contributed by atoms with Gasteiger partial charge in [-0.2, -0.15) is 0 Å². The van der Waals surface area contributed by atoms with Crippen molar-refractivity contribution in [2.24, 2.45) is 0 Å². The molecule has 0 spiro atoms. The second kappa shape index (κ2) is 4.45. The van der Waals surface area contributed by atoms with Gasteiger partial charge in [0.1, 0.15) is 5.60 Å². The first-order chi connectivity index (χ1) is 6.22. The van der Waals surface area contributed by atoms with E-state index >= 15 is 0 Å². The molecule has 0 atom stereocenters. The predicted molar refractivity (Wildman–Crippen MR) is 52.4 cm³/mol. The van der Waals surface area contributed by atoms with Gasteiger partial charge < -0.3 is 4.74 Å². The molecule has 0 unspecified atom stereocenters. The van der Waals surface area contributed by atoms with Crippen LogP contribution < -0.4 is 0 Å². The first-order valence-corrected chi connectivity index (χ1v) is 5.08. The summed E-state index contributed by atoms with van der Waals surface area (Å²) in [6.07, 6.45) is 7.83. The van der Waals surface area contributed by atoms with E-state index in [9.17, 15) is 4.79 Å². The molecule has 1 saturated carbocycles. The Labute approximate surface area is 80.0 Å². The molecule has 74 valence electrons. The molecule has 2 nitrogen and oxygen atoms in total. The van der Waals surface area contributed by atoms with Crippen LogP contribution in [0.2, 0.25) is 0 Å². The average Bonchev–Trinajstić information content (AvgIpc) is 2.09. The number of hydrogen-bond acceptors (Lipinski definition) is 2. The molecule has 0 bridgehead atoms. The molecule has 1 fully saturated rings. The van der Waals surface area contributed by atoms with Gasteiger partial charge >= 0.3 is 5.97 Å². The van der Waals surface area contributed by atoms with Crippen LogP contribution in [0, 0.1) is 0 Å². The summed E-state index contributed by atoms with van der Waals surface area (Å²) in [6.45, 7) is 5.56. The summed E-state index contributed by atoms with van der Waals surface area (Å²) in [5.41, 5.74) is -0.124. The van der Waals surface area contributed by atoms with Crippen molar-refractivity contribution in [3.05, 3.63) is 12.7 Å². The Hall–Kier alpha value is -0.790. The zero-order valence-electron chi connectivity index (χ0n) is 8.34. The Bertz CT molecular complexity index is 192. The molecule has 0 aromatic heterocycles. The maximum atomic E-state index is 11.0. The van der Waals surface area contributed by atoms with Gasteiger partial charge in [-0.05, 0) is 32.1 Å². The molecular weight excluding hydrogens is 164 g/mol. The van der Waals surface area contributed by atoms with Crippen LogP contribution in [0.25, 0.3) is 0 Å². The van der Waals surface area contributed by atoms with Crippen molar-refractivity contribution in [2.75, 3.05) is 0 Å². The Kier molecular flexibility index (Phi) is 3.52. The van der Waals surface area contributed by atoms with Gasteiger partial charge in [0, 0.05) is 6.08 Å². The number of carbonyl (C=O) groups is 1. The van der Waals surface area contributed by atoms with Gasteiger partial charge in [-0.15, -0.1) is 0 Å². The smallest absolute Gasteiger partial charge is 0.330 e. The third kappa shape index (κ3) is 2.58. The van der Waals surface area contributed by atoms with Gasteiger partial charge in [-0.25, -0.2) is 4.79 Å². The van der Waals surface area contributed by atoms with Crippen molar-refractivity contribution in [3.63, 3.8) is 0 Å². The van der Waals surface area contributed by atoms with E-state index in [2.05, 4.69) is 13.5 Å². The van der Waals surface area contributed by atoms with Crippen LogP contribution in [0.4, 0.5) is 0 Å². The van der Waals surface area contributed by atoms with Crippen LogP contribution in [-0.4, -0.2) is 11.6 Å². The quantitative estimate of drug-likeness (QED) is 0.482. The molecule has 0 aromatic carbocycles. The van der Waals surface area contributed by atoms with E-state index in [1.165, 1.54) is 12.5 Å². The Balaban J connectivity index is 2.39. The second-order valence-electron chi connectivity index (χ2n) is 3.77. The van der Waals surface area contributed by atoms with Crippen LogP contribution in [0.15, 0.2) is 12.7 Å². The maximum absolute atomic E-state index is 11.0. The molecule has 0 heterocycles. The fourth-order valence-corrected chi connectivity index (χ4v) is 1.73. The number of carbonyl (C=O) groups excluding carboxylic acids is 1. The summed E-state index contributed by atoms with van der Waals surface area (Å²) in [5.74, 6) is -0.268. The van der Waals surface area contributed by atoms with Crippen molar-refractivity contribution in [3.8, 4) is 0 Å². The molecule has 0 N–H and O–H groups in total. The van der Waals surface area contributed by atoms with E-state index in [-0.39, 0.29) is 11.6 Å². The number of hydrogen-bond donors (Lipinski definition) is 0. The van der Waals surface area contributed by atoms with Crippen LogP contribution in [-0.2, 0) is 9.53 Å². The Morgan fingerprint density at radius 2 is 2.31 bits per heavy atom. The second-order valence-corrected chi connectivity index (χ2v) is 3.77. The summed E-state index contributed by atoms with van der Waals surface area (Å²) >= 11 is 0. The SMILES string of the molecule is C=CC(=O)OC1(CCCC)CCC1. The molecule has 0 aromatic rings. The normalized spacial score (nSPS) is 18.8. The average molecular weight is 182 g/mol. The number of ether oxygens (including phenoxy) is 1. The number of rotatable bonds is 5. The standard InChI is InChI=1S/C11H18O2/c1-3-5-7-11(8-6-9-11)13-10(12)4-2/h4H,2-3,5-9H2,1H3. The largest absolute Gasteiger partial charge is 0.456 e. The van der Waals surface area contributed by atoms with Gasteiger partial charge in [-0.3, -0.25) is 0 Å². The first kappa shape index (κ1) is 10.3. The van der Waals surface area contributed by atoms with Crippen molar-refractivity contribution in [1.82, 2.24) is 0 Å². The molecular formula is C11H18O2. The fourth-order valence-electron chi connectivity index (χ4n) is 1.73. The minimum atomic E-state index is -0.268. The van der Waals surface area contributed by atoms with E-state index < -0.39 is 0 Å². The number of unbranched alkanes of at least 4 members (excludes halogenated alkanes) is 1. The molecule has 0 amide bonds. The summed E-state index contributed by atoms with van der Waals surface area (Å²) in [6, 6.07) is 0. The lowest BCUT2D eigenvalue weighted by atomic mass is 9.76. The summed E-state index contributed by atoms with van der Waals surface area (Å²) < 4.78 is 5.37. The number of esters is 1. The minimum absolute atomic E-state index is 0.124. The van der Waals surface area contributed by atoms with E-state index in [0.717, 1.165) is 32.1 Å². The van der Waals surface area contributed by atoms with Crippen LogP contribution in [0.3, 0.4) is 0 Å². The predicted octanol–water partition coefficient (Wildman–Crippen LogP) is 2.83. The molecule has 0 aliphatic heterocycles. The third-order valence-electron chi connectivity index (χ3n) is 2.73. The minimum Gasteiger partial charge on any atom is -0.456 e. The van der Waals surface area contributed by atoms with Crippen molar-refractivity contribution >= 4 is 5.97 Å². The zero-order valence-corrected chi connectivity index (χ0v) is 8.34. The third-order valence-corrected chi connectivity index (χ3v) is 2.73. The highest BCUT2D eigenvalue weighted by Gasteiger charge is 2.39. The molecule has 1 aliphatic carbocycles. The van der Waals surface area contributed by atoms with Crippen molar-refractivity contribution in [1.29, 1.82) is 0 Å². The van der Waals surface area contributed by atoms with E-state index in [4.69, 9.17) is 4.74 Å². The van der Waals surface area contributed by atoms with Gasteiger partial charge in [0.15, 0.2) is 0 Å². The fraction of sp³-hybridized carbons (Fsp3) is 0.727. The monoisotopic (exact) mass is 182 g/mol. The van der Waals surface area contributed by atoms with Gasteiger partial charge in [-0.1, -0.05) is 19.9 Å². The van der Waals surface area contributed by atoms with E-state index in [1.54, 1.807) is 0 Å². The first-order valence-electron chi connectivity index (χ1n) is 5.08. The molecule has 2 heteroatoms. The van der Waals surface area contributed by atoms with Crippen LogP contribution in [0.5, 0.6) is 0 Å². The lowest BCUT2D eigenvalue weighted by Gasteiger charge is -2.40. The Morgan fingerprint density at radius 1 is 1.62 bits per heavy atom. The topological polar surface area (TPSA) is 26.3 Å².